The van der Waals surface area contributed by atoms with Crippen molar-refractivity contribution in [3.63, 3.8) is 0 Å². The fraction of sp³-hybridized carbons (Fsp3) is 0.941. The summed E-state index contributed by atoms with van der Waals surface area (Å²) in [5, 5.41) is 14.0. The number of aliphatic hydroxyl groups is 1. The van der Waals surface area contributed by atoms with Gasteiger partial charge in [-0.2, -0.15) is 0 Å². The van der Waals surface area contributed by atoms with E-state index in [1.54, 1.807) is 0 Å². The van der Waals surface area contributed by atoms with E-state index in [0.29, 0.717) is 23.9 Å². The SMILES string of the molecule is CCCCCCCCCC/C=C\CCCCCCCCCC(=O)NC(COP(=O)(O)OCC[N+](C)(C)C)C(O)CCCCCCCCCCCCCCCCCCCCC. The highest BCUT2D eigenvalue weighted by atomic mass is 31.2. The van der Waals surface area contributed by atoms with Crippen LogP contribution in [0.5, 0.6) is 0 Å². The van der Waals surface area contributed by atoms with E-state index >= 15 is 0 Å². The minimum Gasteiger partial charge on any atom is -0.391 e. The molecule has 3 N–H and O–H groups in total. The highest BCUT2D eigenvalue weighted by molar-refractivity contribution is 7.47. The topological polar surface area (TPSA) is 105 Å². The zero-order valence-electron chi connectivity index (χ0n) is 40.7. The van der Waals surface area contributed by atoms with Crippen molar-refractivity contribution < 1.29 is 32.9 Å². The molecule has 358 valence electrons. The molecule has 0 heterocycles. The minimum absolute atomic E-state index is 0.0761. The van der Waals surface area contributed by atoms with Crippen LogP contribution in [0.2, 0.25) is 0 Å². The maximum Gasteiger partial charge on any atom is 0.472 e. The molecule has 8 nitrogen and oxygen atoms in total. The maximum absolute atomic E-state index is 12.9. The van der Waals surface area contributed by atoms with E-state index in [0.717, 1.165) is 38.5 Å². The number of unbranched alkanes of at least 4 members (excludes halogenated alkanes) is 33. The van der Waals surface area contributed by atoms with E-state index in [9.17, 15) is 19.4 Å². The quantitative estimate of drug-likeness (QED) is 0.0243. The van der Waals surface area contributed by atoms with E-state index in [4.69, 9.17) is 9.05 Å². The van der Waals surface area contributed by atoms with Gasteiger partial charge >= 0.3 is 7.82 Å². The summed E-state index contributed by atoms with van der Waals surface area (Å²) in [6.45, 7) is 4.92. The highest BCUT2D eigenvalue weighted by Crippen LogP contribution is 2.43. The van der Waals surface area contributed by atoms with Crippen LogP contribution in [0.25, 0.3) is 0 Å². The van der Waals surface area contributed by atoms with Gasteiger partial charge in [0.2, 0.25) is 5.91 Å². The van der Waals surface area contributed by atoms with Crippen molar-refractivity contribution in [1.29, 1.82) is 0 Å². The lowest BCUT2D eigenvalue weighted by molar-refractivity contribution is -0.870. The molecule has 1 amide bonds. The monoisotopic (exact) mass is 872 g/mol. The van der Waals surface area contributed by atoms with Crippen LogP contribution in [0, 0.1) is 0 Å². The molecule has 0 saturated heterocycles. The van der Waals surface area contributed by atoms with Crippen LogP contribution < -0.4 is 5.32 Å². The van der Waals surface area contributed by atoms with Crippen molar-refractivity contribution in [3.05, 3.63) is 12.2 Å². The number of allylic oxidation sites excluding steroid dienone is 2. The van der Waals surface area contributed by atoms with Crippen molar-refractivity contribution in [3.8, 4) is 0 Å². The maximum atomic E-state index is 12.9. The molecule has 0 spiro atoms. The summed E-state index contributed by atoms with van der Waals surface area (Å²) in [6.07, 6.45) is 51.0. The number of amides is 1. The van der Waals surface area contributed by atoms with E-state index < -0.39 is 20.0 Å². The van der Waals surface area contributed by atoms with Crippen molar-refractivity contribution in [2.45, 2.75) is 270 Å². The molecule has 0 aliphatic carbocycles. The average Bonchev–Trinajstić information content (AvgIpc) is 3.20. The number of carbonyl (C=O) groups is 1. The molecule has 0 aromatic rings. The lowest BCUT2D eigenvalue weighted by Crippen LogP contribution is -2.46. The number of carbonyl (C=O) groups excluding carboxylic acids is 1. The summed E-state index contributed by atoms with van der Waals surface area (Å²) in [4.78, 5) is 23.3. The van der Waals surface area contributed by atoms with Gasteiger partial charge in [0.05, 0.1) is 39.9 Å². The fourth-order valence-electron chi connectivity index (χ4n) is 7.87. The van der Waals surface area contributed by atoms with Gasteiger partial charge in [0, 0.05) is 6.42 Å². The van der Waals surface area contributed by atoms with E-state index in [1.165, 1.54) is 193 Å². The second-order valence-electron chi connectivity index (χ2n) is 19.3. The second-order valence-corrected chi connectivity index (χ2v) is 20.7. The number of phosphoric acid groups is 1. The lowest BCUT2D eigenvalue weighted by Gasteiger charge is -2.26. The second kappa shape index (κ2) is 43.5. The number of quaternary nitrogens is 1. The smallest absolute Gasteiger partial charge is 0.391 e. The molecule has 0 aromatic carbocycles. The first-order chi connectivity index (χ1) is 29.0. The zero-order valence-corrected chi connectivity index (χ0v) is 41.6. The largest absolute Gasteiger partial charge is 0.472 e. The lowest BCUT2D eigenvalue weighted by atomic mass is 10.0. The van der Waals surface area contributed by atoms with Crippen LogP contribution >= 0.6 is 7.82 Å². The summed E-state index contributed by atoms with van der Waals surface area (Å²) in [7, 11) is 1.62. The fourth-order valence-corrected chi connectivity index (χ4v) is 8.60. The highest BCUT2D eigenvalue weighted by Gasteiger charge is 2.28. The molecule has 0 fully saturated rings. The molecule has 0 aromatic heterocycles. The van der Waals surface area contributed by atoms with Crippen LogP contribution in [-0.4, -0.2) is 73.4 Å². The summed E-state index contributed by atoms with van der Waals surface area (Å²) >= 11 is 0. The number of likely N-dealkylation sites (N-methyl/N-ethyl adjacent to an activating group) is 1. The average molecular weight is 872 g/mol. The zero-order chi connectivity index (χ0) is 44.3. The molecule has 0 aliphatic heterocycles. The Balaban J connectivity index is 4.24. The number of rotatable bonds is 48. The molecule has 9 heteroatoms. The molecule has 3 unspecified atom stereocenters. The van der Waals surface area contributed by atoms with Crippen LogP contribution in [0.1, 0.15) is 258 Å². The van der Waals surface area contributed by atoms with Gasteiger partial charge in [0.25, 0.3) is 0 Å². The van der Waals surface area contributed by atoms with Gasteiger partial charge in [-0.1, -0.05) is 225 Å². The van der Waals surface area contributed by atoms with Crippen LogP contribution in [0.4, 0.5) is 0 Å². The molecule has 0 rings (SSSR count). The predicted octanol–water partition coefficient (Wildman–Crippen LogP) is 15.1. The van der Waals surface area contributed by atoms with Crippen molar-refractivity contribution in [2.24, 2.45) is 0 Å². The van der Waals surface area contributed by atoms with Crippen LogP contribution in [0.15, 0.2) is 12.2 Å². The number of aliphatic hydroxyl groups excluding tert-OH is 1. The molecular formula is C51H104N2O6P+. The van der Waals surface area contributed by atoms with E-state index in [1.807, 2.05) is 21.1 Å². The van der Waals surface area contributed by atoms with Gasteiger partial charge < -0.3 is 19.8 Å². The Labute approximate surface area is 373 Å². The third-order valence-electron chi connectivity index (χ3n) is 12.0. The Morgan fingerprint density at radius 2 is 0.900 bits per heavy atom. The first-order valence-corrected chi connectivity index (χ1v) is 27.5. The standard InChI is InChI=1S/C51H103N2O6P/c1-6-8-10-12-14-16-18-20-22-24-26-28-30-32-34-36-38-40-42-44-50(54)49(48-59-60(56,57)58-47-46-53(3,4)5)52-51(55)45-43-41-39-37-35-33-31-29-27-25-23-21-19-17-15-13-11-9-7-2/h25,27,49-50,54H,6-24,26,28-48H2,1-5H3,(H-,52,55,56,57)/p+1/b27-25-. The number of phosphoric ester groups is 1. The molecule has 0 saturated carbocycles. The number of hydrogen-bond donors (Lipinski definition) is 3. The van der Waals surface area contributed by atoms with Gasteiger partial charge in [0.1, 0.15) is 13.2 Å². The van der Waals surface area contributed by atoms with E-state index in [-0.39, 0.29) is 19.1 Å². The van der Waals surface area contributed by atoms with Crippen molar-refractivity contribution in [2.75, 3.05) is 40.9 Å². The Bertz CT molecular complexity index is 989. The summed E-state index contributed by atoms with van der Waals surface area (Å²) in [6, 6.07) is -0.759. The van der Waals surface area contributed by atoms with Crippen LogP contribution in [0.3, 0.4) is 0 Å². The molecule has 0 aliphatic rings. The van der Waals surface area contributed by atoms with Gasteiger partial charge in [-0.05, 0) is 38.5 Å². The number of nitrogens with zero attached hydrogens (tertiary/aromatic N) is 1. The molecule has 3 atom stereocenters. The number of hydrogen-bond acceptors (Lipinski definition) is 5. The molecule has 0 radical (unpaired) electrons. The summed E-state index contributed by atoms with van der Waals surface area (Å²) in [5.74, 6) is -0.145. The molecular weight excluding hydrogens is 768 g/mol. The normalized spacial score (nSPS) is 14.2. The Hall–Kier alpha value is -0.760. The van der Waals surface area contributed by atoms with Gasteiger partial charge in [-0.25, -0.2) is 4.57 Å². The van der Waals surface area contributed by atoms with Crippen molar-refractivity contribution >= 4 is 13.7 Å². The molecule has 0 bridgehead atoms. The van der Waals surface area contributed by atoms with E-state index in [2.05, 4.69) is 31.3 Å². The number of nitrogens with one attached hydrogen (secondary N) is 1. The predicted molar refractivity (Wildman–Crippen MR) is 259 cm³/mol. The summed E-state index contributed by atoms with van der Waals surface area (Å²) in [5.41, 5.74) is 0. The Morgan fingerprint density at radius 3 is 1.28 bits per heavy atom. The van der Waals surface area contributed by atoms with Crippen molar-refractivity contribution in [1.82, 2.24) is 5.32 Å². The Morgan fingerprint density at radius 1 is 0.550 bits per heavy atom. The van der Waals surface area contributed by atoms with Gasteiger partial charge in [0.15, 0.2) is 0 Å². The third-order valence-corrected chi connectivity index (χ3v) is 13.0. The first kappa shape index (κ1) is 59.2. The minimum atomic E-state index is -4.32. The van der Waals surface area contributed by atoms with Crippen LogP contribution in [-0.2, 0) is 18.4 Å². The first-order valence-electron chi connectivity index (χ1n) is 26.1. The Kier molecular flexibility index (Phi) is 42.9. The van der Waals surface area contributed by atoms with Gasteiger partial charge in [-0.3, -0.25) is 13.8 Å². The van der Waals surface area contributed by atoms with Gasteiger partial charge in [-0.15, -0.1) is 0 Å². The molecule has 60 heavy (non-hydrogen) atoms. The summed E-state index contributed by atoms with van der Waals surface area (Å²) < 4.78 is 23.7. The third kappa shape index (κ3) is 45.3.